The summed E-state index contributed by atoms with van der Waals surface area (Å²) in [6.45, 7) is 3.00. The summed E-state index contributed by atoms with van der Waals surface area (Å²) in [5, 5.41) is 12.7. The molecule has 0 aliphatic carbocycles. The Morgan fingerprint density at radius 1 is 1.25 bits per heavy atom. The molecule has 1 amide bonds. The van der Waals surface area contributed by atoms with E-state index in [9.17, 15) is 14.9 Å². The monoisotopic (exact) mass is 397 g/mol. The lowest BCUT2D eigenvalue weighted by molar-refractivity contribution is -0.123. The van der Waals surface area contributed by atoms with E-state index in [4.69, 9.17) is 20.8 Å². The van der Waals surface area contributed by atoms with Gasteiger partial charge in [0.1, 0.15) is 23.0 Å². The smallest absolute Gasteiger partial charge is 0.343 e. The van der Waals surface area contributed by atoms with Crippen molar-refractivity contribution in [3.63, 3.8) is 0 Å². The Balaban J connectivity index is 1.76. The molecular formula is C20H16ClN3O4. The summed E-state index contributed by atoms with van der Waals surface area (Å²) >= 11 is 5.81. The lowest BCUT2D eigenvalue weighted by Gasteiger charge is -2.13. The van der Waals surface area contributed by atoms with Crippen LogP contribution in [0.15, 0.2) is 53.2 Å². The predicted molar refractivity (Wildman–Crippen MR) is 102 cm³/mol. The maximum atomic E-state index is 12.6. The number of nitrogens with zero attached hydrogens (tertiary/aromatic N) is 2. The number of esters is 1. The van der Waals surface area contributed by atoms with E-state index in [0.717, 1.165) is 0 Å². The van der Waals surface area contributed by atoms with Gasteiger partial charge < -0.3 is 14.5 Å². The summed E-state index contributed by atoms with van der Waals surface area (Å²) < 4.78 is 12.4. The quantitative estimate of drug-likeness (QED) is 0.654. The van der Waals surface area contributed by atoms with Crippen LogP contribution in [0.4, 0.5) is 5.69 Å². The molecule has 28 heavy (non-hydrogen) atoms. The van der Waals surface area contributed by atoms with Gasteiger partial charge in [-0.25, -0.2) is 4.79 Å². The van der Waals surface area contributed by atoms with E-state index in [1.165, 1.54) is 6.92 Å². The topological polar surface area (TPSA) is 97.3 Å². The number of ether oxygens (including phenoxy) is 1. The van der Waals surface area contributed by atoms with Crippen LogP contribution in [0, 0.1) is 18.3 Å². The summed E-state index contributed by atoms with van der Waals surface area (Å²) in [6.07, 6.45) is 2.30. The molecule has 8 heteroatoms. The number of aryl methyl sites for hydroxylation is 1. The Morgan fingerprint density at radius 2 is 1.89 bits per heavy atom. The molecule has 7 nitrogen and oxygen atoms in total. The zero-order valence-electron chi connectivity index (χ0n) is 15.1. The SMILES string of the molecule is Cc1oc(-n2cccc2)c(C#N)c1C(=O)O[C@@H](C)C(=O)Nc1ccc(Cl)cc1. The van der Waals surface area contributed by atoms with Gasteiger partial charge in [-0.15, -0.1) is 0 Å². The third-order valence-corrected chi connectivity index (χ3v) is 4.24. The van der Waals surface area contributed by atoms with E-state index in [1.807, 2.05) is 6.07 Å². The number of amides is 1. The van der Waals surface area contributed by atoms with Crippen molar-refractivity contribution >= 4 is 29.2 Å². The number of nitrogens with one attached hydrogen (secondary N) is 1. The van der Waals surface area contributed by atoms with Gasteiger partial charge in [0.2, 0.25) is 5.88 Å². The number of aromatic nitrogens is 1. The van der Waals surface area contributed by atoms with Crippen molar-refractivity contribution in [1.29, 1.82) is 5.26 Å². The molecule has 1 aromatic carbocycles. The normalized spacial score (nSPS) is 11.5. The minimum atomic E-state index is -1.08. The zero-order valence-corrected chi connectivity index (χ0v) is 15.9. The van der Waals surface area contributed by atoms with Crippen LogP contribution < -0.4 is 5.32 Å². The molecule has 0 fully saturated rings. The minimum Gasteiger partial charge on any atom is -0.449 e. The molecule has 2 aromatic heterocycles. The fourth-order valence-corrected chi connectivity index (χ4v) is 2.71. The maximum Gasteiger partial charge on any atom is 0.343 e. The number of hydrogen-bond acceptors (Lipinski definition) is 5. The number of nitriles is 1. The van der Waals surface area contributed by atoms with Gasteiger partial charge in [0.15, 0.2) is 6.10 Å². The average molecular weight is 398 g/mol. The number of halogens is 1. The summed E-state index contributed by atoms with van der Waals surface area (Å²) in [4.78, 5) is 24.9. The minimum absolute atomic E-state index is 0.00246. The van der Waals surface area contributed by atoms with Crippen molar-refractivity contribution in [2.45, 2.75) is 20.0 Å². The largest absolute Gasteiger partial charge is 0.449 e. The van der Waals surface area contributed by atoms with Crippen LogP contribution in [0.1, 0.15) is 28.6 Å². The number of carbonyl (C=O) groups is 2. The highest BCUT2D eigenvalue weighted by Gasteiger charge is 2.28. The van der Waals surface area contributed by atoms with Gasteiger partial charge in [-0.2, -0.15) is 5.26 Å². The second-order valence-electron chi connectivity index (χ2n) is 5.96. The molecule has 0 spiro atoms. The second-order valence-corrected chi connectivity index (χ2v) is 6.40. The Labute approximate surface area is 166 Å². The van der Waals surface area contributed by atoms with E-state index in [-0.39, 0.29) is 22.8 Å². The van der Waals surface area contributed by atoms with Crippen LogP contribution >= 0.6 is 11.6 Å². The van der Waals surface area contributed by atoms with Crippen molar-refractivity contribution in [1.82, 2.24) is 4.57 Å². The number of benzene rings is 1. The molecule has 0 aliphatic rings. The van der Waals surface area contributed by atoms with Crippen LogP contribution in [0.5, 0.6) is 0 Å². The zero-order chi connectivity index (χ0) is 20.3. The molecule has 3 aromatic rings. The second kappa shape index (κ2) is 8.03. The van der Waals surface area contributed by atoms with Gasteiger partial charge in [-0.1, -0.05) is 11.6 Å². The molecule has 0 saturated carbocycles. The van der Waals surface area contributed by atoms with Crippen molar-refractivity contribution in [2.24, 2.45) is 0 Å². The van der Waals surface area contributed by atoms with Crippen LogP contribution in [-0.4, -0.2) is 22.5 Å². The van der Waals surface area contributed by atoms with Gasteiger partial charge in [-0.3, -0.25) is 9.36 Å². The molecule has 142 valence electrons. The molecule has 0 bridgehead atoms. The van der Waals surface area contributed by atoms with E-state index in [2.05, 4.69) is 5.32 Å². The molecule has 0 saturated heterocycles. The first kappa shape index (κ1) is 19.3. The van der Waals surface area contributed by atoms with Gasteiger partial charge in [-0.05, 0) is 50.2 Å². The Kier molecular flexibility index (Phi) is 5.52. The molecule has 0 unspecified atom stereocenters. The molecule has 0 radical (unpaired) electrons. The summed E-state index contributed by atoms with van der Waals surface area (Å²) in [5.74, 6) is -0.873. The van der Waals surface area contributed by atoms with Crippen molar-refractivity contribution in [3.8, 4) is 12.0 Å². The Hall–Kier alpha value is -3.50. The molecular weight excluding hydrogens is 382 g/mol. The van der Waals surface area contributed by atoms with E-state index >= 15 is 0 Å². The molecule has 2 heterocycles. The van der Waals surface area contributed by atoms with Crippen LogP contribution in [-0.2, 0) is 9.53 Å². The fraction of sp³-hybridized carbons (Fsp3) is 0.150. The first-order valence-electron chi connectivity index (χ1n) is 8.35. The summed E-state index contributed by atoms with van der Waals surface area (Å²) in [6, 6.07) is 12.0. The van der Waals surface area contributed by atoms with Gasteiger partial charge in [0, 0.05) is 23.1 Å². The number of furan rings is 1. The highest BCUT2D eigenvalue weighted by Crippen LogP contribution is 2.26. The van der Waals surface area contributed by atoms with E-state index < -0.39 is 18.0 Å². The standard InChI is InChI=1S/C20H16ClN3O4/c1-12-17(16(11-22)19(27-12)24-9-3-4-10-24)20(26)28-13(2)18(25)23-15-7-5-14(21)6-8-15/h3-10,13H,1-2H3,(H,23,25)/t13-/m0/s1. The third-order valence-electron chi connectivity index (χ3n) is 3.99. The maximum absolute atomic E-state index is 12.6. The van der Waals surface area contributed by atoms with Gasteiger partial charge >= 0.3 is 5.97 Å². The average Bonchev–Trinajstić information content (AvgIpc) is 3.30. The molecule has 1 N–H and O–H groups in total. The van der Waals surface area contributed by atoms with Crippen molar-refractivity contribution in [3.05, 3.63) is 70.7 Å². The highest BCUT2D eigenvalue weighted by molar-refractivity contribution is 6.30. The summed E-state index contributed by atoms with van der Waals surface area (Å²) in [5.41, 5.74) is 0.561. The molecule has 1 atom stereocenters. The Morgan fingerprint density at radius 3 is 2.50 bits per heavy atom. The van der Waals surface area contributed by atoms with Crippen LogP contribution in [0.3, 0.4) is 0 Å². The number of hydrogen-bond donors (Lipinski definition) is 1. The first-order chi connectivity index (χ1) is 13.4. The number of rotatable bonds is 5. The highest BCUT2D eigenvalue weighted by atomic mass is 35.5. The third kappa shape index (κ3) is 3.92. The number of anilines is 1. The lowest BCUT2D eigenvalue weighted by Crippen LogP contribution is -2.30. The summed E-state index contributed by atoms with van der Waals surface area (Å²) in [7, 11) is 0. The van der Waals surface area contributed by atoms with Crippen LogP contribution in [0.25, 0.3) is 5.88 Å². The number of carbonyl (C=O) groups excluding carboxylic acids is 2. The predicted octanol–water partition coefficient (Wildman–Crippen LogP) is 4.09. The molecule has 0 aliphatic heterocycles. The van der Waals surface area contributed by atoms with E-state index in [0.29, 0.717) is 10.7 Å². The lowest BCUT2D eigenvalue weighted by atomic mass is 10.1. The van der Waals surface area contributed by atoms with E-state index in [1.54, 1.807) is 60.3 Å². The van der Waals surface area contributed by atoms with Gasteiger partial charge in [0.05, 0.1) is 0 Å². The van der Waals surface area contributed by atoms with Crippen molar-refractivity contribution in [2.75, 3.05) is 5.32 Å². The Bertz CT molecular complexity index is 1050. The van der Waals surface area contributed by atoms with Crippen LogP contribution in [0.2, 0.25) is 5.02 Å². The first-order valence-corrected chi connectivity index (χ1v) is 8.72. The van der Waals surface area contributed by atoms with Gasteiger partial charge in [0.25, 0.3) is 5.91 Å². The molecule has 3 rings (SSSR count). The fourth-order valence-electron chi connectivity index (χ4n) is 2.58. The van der Waals surface area contributed by atoms with Crippen molar-refractivity contribution < 1.29 is 18.7 Å².